The number of amides is 3. The molecule has 1 aliphatic rings. The molecule has 1 fully saturated rings. The van der Waals surface area contributed by atoms with Crippen molar-refractivity contribution < 1.29 is 14.5 Å². The number of piperidine rings is 1. The molecule has 5 heteroatoms. The van der Waals surface area contributed by atoms with E-state index in [1.54, 1.807) is 0 Å². The van der Waals surface area contributed by atoms with Crippen molar-refractivity contribution in [3.8, 4) is 0 Å². The predicted octanol–water partition coefficient (Wildman–Crippen LogP) is 0.314. The number of nitrogens with one attached hydrogen (secondary N) is 3. The maximum Gasteiger partial charge on any atom is 0.322 e. The van der Waals surface area contributed by atoms with Gasteiger partial charge < -0.3 is 10.2 Å². The smallest absolute Gasteiger partial charge is 0.322 e. The van der Waals surface area contributed by atoms with Crippen molar-refractivity contribution in [2.75, 3.05) is 13.1 Å². The Morgan fingerprint density at radius 1 is 1.32 bits per heavy atom. The number of likely N-dealkylation sites (tertiary alicyclic amines) is 1. The molecule has 3 atom stereocenters. The van der Waals surface area contributed by atoms with E-state index in [2.05, 4.69) is 17.6 Å². The summed E-state index contributed by atoms with van der Waals surface area (Å²) in [7, 11) is 0. The maximum atomic E-state index is 12.1. The van der Waals surface area contributed by atoms with Crippen LogP contribution < -0.4 is 15.5 Å². The lowest BCUT2D eigenvalue weighted by molar-refractivity contribution is -0.922. The highest BCUT2D eigenvalue weighted by Gasteiger charge is 2.30. The first-order valence-electron chi connectivity index (χ1n) is 7.16. The molecular formula is C14H28N3O2+. The highest BCUT2D eigenvalue weighted by molar-refractivity contribution is 5.96. The predicted molar refractivity (Wildman–Crippen MR) is 75.0 cm³/mol. The van der Waals surface area contributed by atoms with E-state index in [9.17, 15) is 9.59 Å². The molecule has 0 spiro atoms. The largest absolute Gasteiger partial charge is 0.333 e. The molecule has 0 radical (unpaired) electrons. The van der Waals surface area contributed by atoms with Crippen molar-refractivity contribution in [1.29, 1.82) is 0 Å². The Labute approximate surface area is 116 Å². The van der Waals surface area contributed by atoms with E-state index in [-0.39, 0.29) is 17.5 Å². The number of urea groups is 1. The van der Waals surface area contributed by atoms with Crippen molar-refractivity contribution in [3.63, 3.8) is 0 Å². The molecule has 19 heavy (non-hydrogen) atoms. The highest BCUT2D eigenvalue weighted by atomic mass is 16.2. The quantitative estimate of drug-likeness (QED) is 0.676. The van der Waals surface area contributed by atoms with Gasteiger partial charge in [0.2, 0.25) is 0 Å². The maximum absolute atomic E-state index is 12.1. The van der Waals surface area contributed by atoms with E-state index < -0.39 is 6.03 Å². The Bertz CT molecular complexity index is 336. The molecule has 1 rings (SSSR count). The van der Waals surface area contributed by atoms with Crippen molar-refractivity contribution >= 4 is 11.9 Å². The monoisotopic (exact) mass is 270 g/mol. The van der Waals surface area contributed by atoms with Gasteiger partial charge >= 0.3 is 6.03 Å². The van der Waals surface area contributed by atoms with Gasteiger partial charge in [0.15, 0.2) is 6.04 Å². The molecule has 5 nitrogen and oxygen atoms in total. The van der Waals surface area contributed by atoms with Crippen LogP contribution in [-0.2, 0) is 4.79 Å². The van der Waals surface area contributed by atoms with Crippen LogP contribution in [0, 0.1) is 5.92 Å². The van der Waals surface area contributed by atoms with Crippen LogP contribution in [0.25, 0.3) is 0 Å². The number of quaternary nitrogens is 1. The minimum absolute atomic E-state index is 0.173. The van der Waals surface area contributed by atoms with Gasteiger partial charge in [-0.2, -0.15) is 0 Å². The number of imide groups is 1. The molecule has 3 N–H and O–H groups in total. The fourth-order valence-electron chi connectivity index (χ4n) is 2.50. The summed E-state index contributed by atoms with van der Waals surface area (Å²) in [5.41, 5.74) is -0.333. The van der Waals surface area contributed by atoms with Crippen molar-refractivity contribution in [1.82, 2.24) is 10.6 Å². The molecule has 0 saturated carbocycles. The number of hydrogen-bond donors (Lipinski definition) is 3. The average molecular weight is 270 g/mol. The lowest BCUT2D eigenvalue weighted by Gasteiger charge is -2.31. The second-order valence-corrected chi connectivity index (χ2v) is 6.77. The van der Waals surface area contributed by atoms with E-state index >= 15 is 0 Å². The van der Waals surface area contributed by atoms with Crippen molar-refractivity contribution in [2.45, 2.75) is 59.0 Å². The van der Waals surface area contributed by atoms with Gasteiger partial charge in [-0.05, 0) is 40.5 Å². The standard InChI is InChI=1S/C14H27N3O2/c1-10-7-6-8-17(9-10)11(2)12(18)15-13(19)16-14(3,4)5/h10-11H,6-9H2,1-5H3,(H2,15,16,18,19)/p+1/t10-,11-/m0/s1. The summed E-state index contributed by atoms with van der Waals surface area (Å²) >= 11 is 0. The van der Waals surface area contributed by atoms with Crippen molar-refractivity contribution in [2.24, 2.45) is 5.92 Å². The number of carbonyl (C=O) groups excluding carboxylic acids is 2. The average Bonchev–Trinajstić information content (AvgIpc) is 2.25. The summed E-state index contributed by atoms with van der Waals surface area (Å²) in [6.45, 7) is 11.8. The third-order valence-corrected chi connectivity index (χ3v) is 3.54. The van der Waals surface area contributed by atoms with Gasteiger partial charge in [-0.15, -0.1) is 0 Å². The van der Waals surface area contributed by atoms with E-state index in [1.165, 1.54) is 11.3 Å². The third kappa shape index (κ3) is 5.59. The SMILES string of the molecule is C[C@H]1CCC[NH+]([C@@H](C)C(=O)NC(=O)NC(C)(C)C)C1. The van der Waals surface area contributed by atoms with Gasteiger partial charge in [-0.25, -0.2) is 4.79 Å². The topological polar surface area (TPSA) is 62.6 Å². The third-order valence-electron chi connectivity index (χ3n) is 3.54. The van der Waals surface area contributed by atoms with Crippen LogP contribution in [0.1, 0.15) is 47.5 Å². The summed E-state index contributed by atoms with van der Waals surface area (Å²) in [5.74, 6) is 0.466. The molecule has 0 aromatic rings. The van der Waals surface area contributed by atoms with Gasteiger partial charge in [0.05, 0.1) is 13.1 Å². The molecule has 110 valence electrons. The molecule has 1 aliphatic heterocycles. The first kappa shape index (κ1) is 16.0. The summed E-state index contributed by atoms with van der Waals surface area (Å²) in [5, 5.41) is 5.18. The number of rotatable bonds is 2. The fourth-order valence-corrected chi connectivity index (χ4v) is 2.50. The zero-order chi connectivity index (χ0) is 14.6. The van der Waals surface area contributed by atoms with Crippen LogP contribution in [0.3, 0.4) is 0 Å². The second kappa shape index (κ2) is 6.37. The van der Waals surface area contributed by atoms with Gasteiger partial charge in [-0.3, -0.25) is 10.1 Å². The molecular weight excluding hydrogens is 242 g/mol. The van der Waals surface area contributed by atoms with Crippen LogP contribution >= 0.6 is 0 Å². The zero-order valence-corrected chi connectivity index (χ0v) is 12.8. The number of hydrogen-bond acceptors (Lipinski definition) is 2. The molecule has 0 aromatic carbocycles. The zero-order valence-electron chi connectivity index (χ0n) is 12.8. The molecule has 3 amide bonds. The molecule has 1 saturated heterocycles. The summed E-state index contributed by atoms with van der Waals surface area (Å²) in [6, 6.07) is -0.581. The lowest BCUT2D eigenvalue weighted by Crippen LogP contribution is -3.18. The summed E-state index contributed by atoms with van der Waals surface area (Å²) in [4.78, 5) is 25.0. The van der Waals surface area contributed by atoms with Crippen LogP contribution in [0.4, 0.5) is 4.79 Å². The molecule has 0 aliphatic carbocycles. The van der Waals surface area contributed by atoms with E-state index in [0.717, 1.165) is 19.5 Å². The highest BCUT2D eigenvalue weighted by Crippen LogP contribution is 2.05. The van der Waals surface area contributed by atoms with E-state index in [0.29, 0.717) is 5.92 Å². The van der Waals surface area contributed by atoms with E-state index in [4.69, 9.17) is 0 Å². The lowest BCUT2D eigenvalue weighted by atomic mass is 9.99. The van der Waals surface area contributed by atoms with Crippen LogP contribution in [0.5, 0.6) is 0 Å². The fraction of sp³-hybridized carbons (Fsp3) is 0.857. The second-order valence-electron chi connectivity index (χ2n) is 6.77. The molecule has 1 heterocycles. The minimum atomic E-state index is -0.409. The van der Waals surface area contributed by atoms with Crippen LogP contribution in [0.15, 0.2) is 0 Å². The van der Waals surface area contributed by atoms with Gasteiger partial charge in [-0.1, -0.05) is 6.92 Å². The first-order chi connectivity index (χ1) is 8.69. The summed E-state index contributed by atoms with van der Waals surface area (Å²) in [6.07, 6.45) is 2.39. The molecule has 0 aromatic heterocycles. The number of carbonyl (C=O) groups is 2. The summed E-state index contributed by atoms with van der Waals surface area (Å²) < 4.78 is 0. The van der Waals surface area contributed by atoms with Crippen LogP contribution in [0.2, 0.25) is 0 Å². The first-order valence-corrected chi connectivity index (χ1v) is 7.16. The Morgan fingerprint density at radius 3 is 2.47 bits per heavy atom. The molecule has 1 unspecified atom stereocenters. The van der Waals surface area contributed by atoms with Crippen molar-refractivity contribution in [3.05, 3.63) is 0 Å². The minimum Gasteiger partial charge on any atom is -0.333 e. The van der Waals surface area contributed by atoms with Gasteiger partial charge in [0.1, 0.15) is 0 Å². The van der Waals surface area contributed by atoms with Crippen LogP contribution in [-0.4, -0.2) is 36.6 Å². The Hall–Kier alpha value is -1.10. The van der Waals surface area contributed by atoms with Gasteiger partial charge in [0, 0.05) is 11.5 Å². The van der Waals surface area contributed by atoms with E-state index in [1.807, 2.05) is 27.7 Å². The Balaban J connectivity index is 2.46. The Morgan fingerprint density at radius 2 is 1.95 bits per heavy atom. The van der Waals surface area contributed by atoms with Gasteiger partial charge in [0.25, 0.3) is 5.91 Å². The normalized spacial score (nSPS) is 25.5. The molecule has 0 bridgehead atoms. The Kier molecular flexibility index (Phi) is 5.35.